The highest BCUT2D eigenvalue weighted by molar-refractivity contribution is 5.65. The maximum Gasteiger partial charge on any atom is 0.407 e. The number of amides is 1. The number of hydrogen-bond donors (Lipinski definition) is 1. The zero-order chi connectivity index (χ0) is 15.5. The van der Waals surface area contributed by atoms with Crippen molar-refractivity contribution in [2.24, 2.45) is 0 Å². The van der Waals surface area contributed by atoms with E-state index in [1.165, 1.54) is 4.90 Å². The third-order valence-electron chi connectivity index (χ3n) is 3.75. The molecule has 8 heteroatoms. The van der Waals surface area contributed by atoms with Crippen molar-refractivity contribution < 1.29 is 19.1 Å². The van der Waals surface area contributed by atoms with Crippen LogP contribution in [0.1, 0.15) is 24.7 Å². The molecule has 3 rings (SSSR count). The van der Waals surface area contributed by atoms with E-state index in [1.807, 2.05) is 0 Å². The Balaban J connectivity index is 1.76. The summed E-state index contributed by atoms with van der Waals surface area (Å²) in [4.78, 5) is 16.5. The van der Waals surface area contributed by atoms with E-state index in [9.17, 15) is 4.79 Å². The van der Waals surface area contributed by atoms with Crippen molar-refractivity contribution in [3.63, 3.8) is 0 Å². The van der Waals surface area contributed by atoms with Gasteiger partial charge in [-0.25, -0.2) is 9.78 Å². The lowest BCUT2D eigenvalue weighted by Gasteiger charge is -2.27. The van der Waals surface area contributed by atoms with Crippen molar-refractivity contribution in [2.75, 3.05) is 20.2 Å². The van der Waals surface area contributed by atoms with E-state index in [0.717, 1.165) is 0 Å². The molecule has 2 aromatic rings. The quantitative estimate of drug-likeness (QED) is 0.925. The van der Waals surface area contributed by atoms with Gasteiger partial charge in [-0.15, -0.1) is 10.2 Å². The summed E-state index contributed by atoms with van der Waals surface area (Å²) in [6.07, 6.45) is 2.09. The minimum absolute atomic E-state index is 0.0755. The highest BCUT2D eigenvalue weighted by Crippen LogP contribution is 2.31. The normalized spacial score (nSPS) is 15.8. The molecule has 1 amide bonds. The van der Waals surface area contributed by atoms with E-state index in [2.05, 4.69) is 15.2 Å². The van der Waals surface area contributed by atoms with Gasteiger partial charge in [0.25, 0.3) is 5.89 Å². The molecule has 8 nitrogen and oxygen atoms in total. The fourth-order valence-corrected chi connectivity index (χ4v) is 2.53. The standard InChI is InChI=1S/C14H16N4O4/c1-21-10-3-2-6-15-11(10)13-17-16-12(22-13)9-4-7-18(8-5-9)14(19)20/h2-3,6,9H,4-5,7-8H2,1H3,(H,19,20). The topological polar surface area (TPSA) is 102 Å². The summed E-state index contributed by atoms with van der Waals surface area (Å²) in [7, 11) is 1.55. The summed E-state index contributed by atoms with van der Waals surface area (Å²) in [5.74, 6) is 1.48. The Labute approximate surface area is 126 Å². The number of methoxy groups -OCH3 is 1. The Kier molecular flexibility index (Phi) is 3.90. The molecule has 0 unspecified atom stereocenters. The third kappa shape index (κ3) is 2.72. The number of hydrogen-bond acceptors (Lipinski definition) is 6. The number of nitrogens with zero attached hydrogens (tertiary/aromatic N) is 4. The molecule has 2 aromatic heterocycles. The smallest absolute Gasteiger partial charge is 0.407 e. The lowest BCUT2D eigenvalue weighted by molar-refractivity contribution is 0.129. The molecule has 116 valence electrons. The Morgan fingerprint density at radius 3 is 2.86 bits per heavy atom. The van der Waals surface area contributed by atoms with Crippen LogP contribution < -0.4 is 4.74 Å². The number of pyridine rings is 1. The first-order chi connectivity index (χ1) is 10.7. The number of ether oxygens (including phenoxy) is 1. The van der Waals surface area contributed by atoms with E-state index in [4.69, 9.17) is 14.3 Å². The Bertz CT molecular complexity index is 664. The first kappa shape index (κ1) is 14.3. The van der Waals surface area contributed by atoms with Gasteiger partial charge in [-0.1, -0.05) is 0 Å². The van der Waals surface area contributed by atoms with Crippen LogP contribution in [0.5, 0.6) is 5.75 Å². The molecule has 3 heterocycles. The number of carboxylic acid groups (broad SMARTS) is 1. The van der Waals surface area contributed by atoms with Gasteiger partial charge >= 0.3 is 6.09 Å². The van der Waals surface area contributed by atoms with Crippen LogP contribution in [0.15, 0.2) is 22.7 Å². The fraction of sp³-hybridized carbons (Fsp3) is 0.429. The van der Waals surface area contributed by atoms with E-state index >= 15 is 0 Å². The zero-order valence-corrected chi connectivity index (χ0v) is 12.1. The van der Waals surface area contributed by atoms with Crippen molar-refractivity contribution in [1.82, 2.24) is 20.1 Å². The molecule has 0 saturated carbocycles. The van der Waals surface area contributed by atoms with Gasteiger partial charge in [0.05, 0.1) is 7.11 Å². The van der Waals surface area contributed by atoms with Crippen molar-refractivity contribution in [3.05, 3.63) is 24.2 Å². The first-order valence-electron chi connectivity index (χ1n) is 6.99. The maximum absolute atomic E-state index is 10.9. The van der Waals surface area contributed by atoms with Crippen molar-refractivity contribution >= 4 is 6.09 Å². The van der Waals surface area contributed by atoms with Crippen LogP contribution in [0.3, 0.4) is 0 Å². The molecule has 0 bridgehead atoms. The maximum atomic E-state index is 10.9. The monoisotopic (exact) mass is 304 g/mol. The lowest BCUT2D eigenvalue weighted by atomic mass is 9.97. The van der Waals surface area contributed by atoms with E-state index in [-0.39, 0.29) is 5.92 Å². The van der Waals surface area contributed by atoms with Gasteiger partial charge in [0.2, 0.25) is 5.89 Å². The van der Waals surface area contributed by atoms with Crippen molar-refractivity contribution in [2.45, 2.75) is 18.8 Å². The van der Waals surface area contributed by atoms with Gasteiger partial charge < -0.3 is 19.2 Å². The Morgan fingerprint density at radius 1 is 1.41 bits per heavy atom. The molecule has 0 aromatic carbocycles. The second-order valence-corrected chi connectivity index (χ2v) is 5.04. The van der Waals surface area contributed by atoms with E-state index in [0.29, 0.717) is 49.2 Å². The minimum Gasteiger partial charge on any atom is -0.494 e. The average molecular weight is 304 g/mol. The van der Waals surface area contributed by atoms with Crippen LogP contribution in [-0.4, -0.2) is 51.5 Å². The molecule has 0 radical (unpaired) electrons. The van der Waals surface area contributed by atoms with E-state index in [1.54, 1.807) is 25.4 Å². The molecular weight excluding hydrogens is 288 g/mol. The number of likely N-dealkylation sites (tertiary alicyclic amines) is 1. The van der Waals surface area contributed by atoms with E-state index < -0.39 is 6.09 Å². The number of piperidine rings is 1. The van der Waals surface area contributed by atoms with Gasteiger partial charge in [-0.3, -0.25) is 0 Å². The number of carbonyl (C=O) groups is 1. The molecule has 1 saturated heterocycles. The summed E-state index contributed by atoms with van der Waals surface area (Å²) in [5.41, 5.74) is 0.506. The summed E-state index contributed by atoms with van der Waals surface area (Å²) >= 11 is 0. The average Bonchev–Trinajstić information content (AvgIpc) is 3.04. The van der Waals surface area contributed by atoms with Crippen molar-refractivity contribution in [3.8, 4) is 17.3 Å². The highest BCUT2D eigenvalue weighted by Gasteiger charge is 2.27. The molecule has 22 heavy (non-hydrogen) atoms. The van der Waals surface area contributed by atoms with Crippen LogP contribution in [0.4, 0.5) is 4.79 Å². The molecule has 1 aliphatic heterocycles. The second kappa shape index (κ2) is 6.00. The molecular formula is C14H16N4O4. The number of rotatable bonds is 3. The van der Waals surface area contributed by atoms with Crippen LogP contribution in [0.2, 0.25) is 0 Å². The lowest BCUT2D eigenvalue weighted by Crippen LogP contribution is -2.36. The molecule has 1 fully saturated rings. The van der Waals surface area contributed by atoms with Gasteiger partial charge in [0, 0.05) is 25.2 Å². The van der Waals surface area contributed by atoms with Crippen LogP contribution in [-0.2, 0) is 0 Å². The van der Waals surface area contributed by atoms with Crippen LogP contribution in [0, 0.1) is 0 Å². The Hall–Kier alpha value is -2.64. The van der Waals surface area contributed by atoms with Crippen LogP contribution in [0.25, 0.3) is 11.6 Å². The molecule has 1 N–H and O–H groups in total. The first-order valence-corrected chi connectivity index (χ1v) is 6.99. The summed E-state index contributed by atoms with van der Waals surface area (Å²) in [6.45, 7) is 0.954. The molecule has 0 aliphatic carbocycles. The minimum atomic E-state index is -0.886. The predicted molar refractivity (Wildman–Crippen MR) is 75.7 cm³/mol. The molecule has 1 aliphatic rings. The summed E-state index contributed by atoms with van der Waals surface area (Å²) in [5, 5.41) is 17.1. The summed E-state index contributed by atoms with van der Waals surface area (Å²) in [6, 6.07) is 3.54. The third-order valence-corrected chi connectivity index (χ3v) is 3.75. The number of aromatic nitrogens is 3. The van der Waals surface area contributed by atoms with Gasteiger partial charge in [-0.2, -0.15) is 0 Å². The van der Waals surface area contributed by atoms with Gasteiger partial charge in [-0.05, 0) is 25.0 Å². The van der Waals surface area contributed by atoms with Gasteiger partial charge in [0.15, 0.2) is 5.69 Å². The second-order valence-electron chi connectivity index (χ2n) is 5.04. The highest BCUT2D eigenvalue weighted by atomic mass is 16.5. The van der Waals surface area contributed by atoms with Crippen molar-refractivity contribution in [1.29, 1.82) is 0 Å². The molecule has 0 atom stereocenters. The SMILES string of the molecule is COc1cccnc1-c1nnc(C2CCN(C(=O)O)CC2)o1. The zero-order valence-electron chi connectivity index (χ0n) is 12.1. The summed E-state index contributed by atoms with van der Waals surface area (Å²) < 4.78 is 10.9. The Morgan fingerprint density at radius 2 is 2.18 bits per heavy atom. The predicted octanol–water partition coefficient (Wildman–Crippen LogP) is 2.00. The van der Waals surface area contributed by atoms with Gasteiger partial charge in [0.1, 0.15) is 5.75 Å². The van der Waals surface area contributed by atoms with Crippen LogP contribution >= 0.6 is 0 Å². The fourth-order valence-electron chi connectivity index (χ4n) is 2.53. The molecule has 0 spiro atoms. The largest absolute Gasteiger partial charge is 0.494 e.